The Morgan fingerprint density at radius 2 is 2.05 bits per heavy atom. The van der Waals surface area contributed by atoms with Gasteiger partial charge < -0.3 is 19.5 Å². The van der Waals surface area contributed by atoms with Gasteiger partial charge in [-0.25, -0.2) is 0 Å². The van der Waals surface area contributed by atoms with Crippen LogP contribution in [0.15, 0.2) is 4.52 Å². The summed E-state index contributed by atoms with van der Waals surface area (Å²) >= 11 is 0. The Labute approximate surface area is 131 Å². The van der Waals surface area contributed by atoms with Crippen LogP contribution in [0.4, 0.5) is 0 Å². The van der Waals surface area contributed by atoms with Crippen molar-refractivity contribution in [1.29, 1.82) is 0 Å². The lowest BCUT2D eigenvalue weighted by Crippen LogP contribution is -2.40. The molecule has 0 bridgehead atoms. The number of ether oxygens (including phenoxy) is 1. The summed E-state index contributed by atoms with van der Waals surface area (Å²) < 4.78 is 10.8. The van der Waals surface area contributed by atoms with E-state index >= 15 is 0 Å². The molecule has 2 rings (SSSR count). The van der Waals surface area contributed by atoms with E-state index in [0.717, 1.165) is 12.8 Å². The molecule has 124 valence electrons. The Kier molecular flexibility index (Phi) is 5.90. The highest BCUT2D eigenvalue weighted by Gasteiger charge is 2.31. The van der Waals surface area contributed by atoms with Crippen molar-refractivity contribution in [3.8, 4) is 0 Å². The van der Waals surface area contributed by atoms with Gasteiger partial charge in [-0.3, -0.25) is 4.79 Å². The van der Waals surface area contributed by atoms with Crippen LogP contribution in [-0.2, 0) is 9.53 Å². The number of amides is 1. The molecule has 1 atom stereocenters. The average molecular weight is 310 g/mol. The van der Waals surface area contributed by atoms with Gasteiger partial charge in [0.2, 0.25) is 11.8 Å². The summed E-state index contributed by atoms with van der Waals surface area (Å²) in [6.45, 7) is 5.78. The number of rotatable bonds is 6. The molecule has 0 saturated carbocycles. The van der Waals surface area contributed by atoms with E-state index in [9.17, 15) is 4.79 Å². The SMILES string of the molecule is CC(C)c1noc([C@H](NC(=O)CN(C)C)C2CCOCC2)n1. The molecule has 1 aliphatic heterocycles. The second kappa shape index (κ2) is 7.69. The first-order valence-corrected chi connectivity index (χ1v) is 7.82. The second-order valence-corrected chi connectivity index (χ2v) is 6.38. The molecule has 1 N–H and O–H groups in total. The molecule has 0 spiro atoms. The number of likely N-dealkylation sites (N-methyl/N-ethyl adjacent to an activating group) is 1. The maximum Gasteiger partial charge on any atom is 0.249 e. The van der Waals surface area contributed by atoms with Crippen LogP contribution < -0.4 is 5.32 Å². The van der Waals surface area contributed by atoms with E-state index in [0.29, 0.717) is 31.5 Å². The number of nitrogens with one attached hydrogen (secondary N) is 1. The zero-order valence-electron chi connectivity index (χ0n) is 13.8. The van der Waals surface area contributed by atoms with Crippen LogP contribution in [0.2, 0.25) is 0 Å². The first-order valence-electron chi connectivity index (χ1n) is 7.82. The smallest absolute Gasteiger partial charge is 0.249 e. The fraction of sp³-hybridized carbons (Fsp3) is 0.800. The lowest BCUT2D eigenvalue weighted by Gasteiger charge is -2.28. The van der Waals surface area contributed by atoms with E-state index < -0.39 is 0 Å². The largest absolute Gasteiger partial charge is 0.381 e. The van der Waals surface area contributed by atoms with Crippen molar-refractivity contribution in [3.05, 3.63) is 11.7 Å². The van der Waals surface area contributed by atoms with Crippen LogP contribution in [-0.4, -0.2) is 54.8 Å². The van der Waals surface area contributed by atoms with Gasteiger partial charge in [0.1, 0.15) is 6.04 Å². The Morgan fingerprint density at radius 1 is 1.36 bits per heavy atom. The van der Waals surface area contributed by atoms with Crippen LogP contribution in [0.3, 0.4) is 0 Å². The molecular formula is C15H26N4O3. The normalized spacial score (nSPS) is 17.9. The highest BCUT2D eigenvalue weighted by molar-refractivity contribution is 5.78. The Morgan fingerprint density at radius 3 is 2.59 bits per heavy atom. The van der Waals surface area contributed by atoms with Gasteiger partial charge >= 0.3 is 0 Å². The van der Waals surface area contributed by atoms with Gasteiger partial charge in [0, 0.05) is 19.1 Å². The maximum absolute atomic E-state index is 12.1. The molecule has 0 aliphatic carbocycles. The third kappa shape index (κ3) is 4.51. The quantitative estimate of drug-likeness (QED) is 0.854. The van der Waals surface area contributed by atoms with Gasteiger partial charge in [-0.2, -0.15) is 4.98 Å². The predicted octanol–water partition coefficient (Wildman–Crippen LogP) is 1.34. The van der Waals surface area contributed by atoms with E-state index in [2.05, 4.69) is 15.5 Å². The number of aromatic nitrogens is 2. The molecule has 0 aromatic carbocycles. The Balaban J connectivity index is 2.14. The number of carbonyl (C=O) groups excluding carboxylic acids is 1. The summed E-state index contributed by atoms with van der Waals surface area (Å²) in [5.41, 5.74) is 0. The van der Waals surface area contributed by atoms with Crippen molar-refractivity contribution in [2.24, 2.45) is 5.92 Å². The summed E-state index contributed by atoms with van der Waals surface area (Å²) in [6.07, 6.45) is 1.76. The summed E-state index contributed by atoms with van der Waals surface area (Å²) in [5, 5.41) is 7.07. The Hall–Kier alpha value is -1.47. The molecule has 1 saturated heterocycles. The van der Waals surface area contributed by atoms with Crippen molar-refractivity contribution in [3.63, 3.8) is 0 Å². The molecule has 7 heteroatoms. The molecule has 2 heterocycles. The van der Waals surface area contributed by atoms with Gasteiger partial charge in [-0.05, 0) is 32.9 Å². The number of hydrogen-bond acceptors (Lipinski definition) is 6. The van der Waals surface area contributed by atoms with E-state index in [1.54, 1.807) is 0 Å². The fourth-order valence-electron chi connectivity index (χ4n) is 2.54. The van der Waals surface area contributed by atoms with E-state index in [1.165, 1.54) is 0 Å². The number of nitrogens with zero attached hydrogens (tertiary/aromatic N) is 3. The zero-order chi connectivity index (χ0) is 16.1. The average Bonchev–Trinajstić information content (AvgIpc) is 2.94. The first-order chi connectivity index (χ1) is 10.5. The lowest BCUT2D eigenvalue weighted by molar-refractivity contribution is -0.123. The third-order valence-electron chi connectivity index (χ3n) is 3.75. The fourth-order valence-corrected chi connectivity index (χ4v) is 2.54. The molecule has 0 radical (unpaired) electrons. The molecule has 1 aromatic heterocycles. The molecule has 0 unspecified atom stereocenters. The molecular weight excluding hydrogens is 284 g/mol. The first kappa shape index (κ1) is 16.9. The van der Waals surface area contributed by atoms with Crippen LogP contribution in [0.5, 0.6) is 0 Å². The molecule has 1 aliphatic rings. The summed E-state index contributed by atoms with van der Waals surface area (Å²) in [7, 11) is 3.74. The van der Waals surface area contributed by atoms with E-state index in [4.69, 9.17) is 9.26 Å². The minimum Gasteiger partial charge on any atom is -0.381 e. The predicted molar refractivity (Wildman–Crippen MR) is 81.4 cm³/mol. The van der Waals surface area contributed by atoms with Crippen LogP contribution in [0.1, 0.15) is 50.4 Å². The van der Waals surface area contributed by atoms with Crippen molar-refractivity contribution in [2.75, 3.05) is 33.9 Å². The standard InChI is InChI=1S/C15H26N4O3/c1-10(2)14-17-15(22-18-14)13(11-5-7-21-8-6-11)16-12(20)9-19(3)4/h10-11,13H,5-9H2,1-4H3,(H,16,20)/t13-/m1/s1. The topological polar surface area (TPSA) is 80.5 Å². The van der Waals surface area contributed by atoms with Crippen molar-refractivity contribution < 1.29 is 14.1 Å². The van der Waals surface area contributed by atoms with Crippen LogP contribution in [0, 0.1) is 5.92 Å². The van der Waals surface area contributed by atoms with Gasteiger partial charge in [0.25, 0.3) is 0 Å². The van der Waals surface area contributed by atoms with Gasteiger partial charge in [0.05, 0.1) is 6.54 Å². The maximum atomic E-state index is 12.1. The number of hydrogen-bond donors (Lipinski definition) is 1. The van der Waals surface area contributed by atoms with Crippen LogP contribution in [0.25, 0.3) is 0 Å². The second-order valence-electron chi connectivity index (χ2n) is 6.38. The van der Waals surface area contributed by atoms with Crippen molar-refractivity contribution >= 4 is 5.91 Å². The van der Waals surface area contributed by atoms with Gasteiger partial charge in [-0.1, -0.05) is 19.0 Å². The minimum absolute atomic E-state index is 0.0363. The van der Waals surface area contributed by atoms with E-state index in [1.807, 2.05) is 32.8 Å². The molecule has 7 nitrogen and oxygen atoms in total. The highest BCUT2D eigenvalue weighted by Crippen LogP contribution is 2.29. The van der Waals surface area contributed by atoms with E-state index in [-0.39, 0.29) is 23.8 Å². The third-order valence-corrected chi connectivity index (χ3v) is 3.75. The summed E-state index contributed by atoms with van der Waals surface area (Å²) in [4.78, 5) is 18.5. The Bertz CT molecular complexity index is 481. The minimum atomic E-state index is -0.239. The lowest BCUT2D eigenvalue weighted by atomic mass is 9.91. The van der Waals surface area contributed by atoms with Crippen molar-refractivity contribution in [2.45, 2.75) is 38.6 Å². The summed E-state index contributed by atoms with van der Waals surface area (Å²) in [5.74, 6) is 1.60. The molecule has 1 fully saturated rings. The van der Waals surface area contributed by atoms with Gasteiger partial charge in [0.15, 0.2) is 5.82 Å². The van der Waals surface area contributed by atoms with Crippen molar-refractivity contribution in [1.82, 2.24) is 20.4 Å². The highest BCUT2D eigenvalue weighted by atomic mass is 16.5. The molecule has 22 heavy (non-hydrogen) atoms. The van der Waals surface area contributed by atoms with Gasteiger partial charge in [-0.15, -0.1) is 0 Å². The zero-order valence-corrected chi connectivity index (χ0v) is 13.8. The molecule has 1 aromatic rings. The van der Waals surface area contributed by atoms with Crippen LogP contribution >= 0.6 is 0 Å². The summed E-state index contributed by atoms with van der Waals surface area (Å²) in [6, 6.07) is -0.239. The number of carbonyl (C=O) groups is 1. The monoisotopic (exact) mass is 310 g/mol. The molecule has 1 amide bonds.